The zero-order valence-electron chi connectivity index (χ0n) is 20.8. The lowest BCUT2D eigenvalue weighted by molar-refractivity contribution is -0.128. The molecular formula is C30H31FN4O. The minimum atomic E-state index is -0.210. The van der Waals surface area contributed by atoms with Gasteiger partial charge >= 0.3 is 0 Å². The summed E-state index contributed by atoms with van der Waals surface area (Å²) in [4.78, 5) is 17.4. The summed E-state index contributed by atoms with van der Waals surface area (Å²) in [7, 11) is 1.91. The standard InChI is InChI=1S/C30H31FN4O/c1-19-15-23(4-5-24(19)28-10-14-35(2)34-28)33-29(36)21-17-30(18-21)11-7-20(8-12-30)25-9-13-32-27-6-3-22(31)16-26(25)27/h3-6,9-10,13-16,20-21H,7-8,11-12,17-18H2,1-2H3,(H,33,36). The van der Waals surface area contributed by atoms with E-state index in [0.717, 1.165) is 71.9 Å². The molecule has 2 saturated carbocycles. The van der Waals surface area contributed by atoms with E-state index in [-0.39, 0.29) is 23.1 Å². The van der Waals surface area contributed by atoms with E-state index in [1.165, 1.54) is 11.6 Å². The van der Waals surface area contributed by atoms with Gasteiger partial charge in [0.2, 0.25) is 5.91 Å². The predicted octanol–water partition coefficient (Wildman–Crippen LogP) is 6.78. The topological polar surface area (TPSA) is 59.8 Å². The van der Waals surface area contributed by atoms with Crippen LogP contribution < -0.4 is 5.32 Å². The molecule has 2 aromatic carbocycles. The number of benzene rings is 2. The number of rotatable bonds is 4. The number of hydrogen-bond acceptors (Lipinski definition) is 3. The minimum absolute atomic E-state index is 0.0770. The van der Waals surface area contributed by atoms with E-state index < -0.39 is 0 Å². The van der Waals surface area contributed by atoms with Crippen LogP contribution in [0.2, 0.25) is 0 Å². The van der Waals surface area contributed by atoms with Crippen molar-refractivity contribution >= 4 is 22.5 Å². The van der Waals surface area contributed by atoms with Gasteiger partial charge in [-0.2, -0.15) is 5.10 Å². The van der Waals surface area contributed by atoms with Crippen LogP contribution in [0.3, 0.4) is 0 Å². The SMILES string of the molecule is Cc1cc(NC(=O)C2CC3(CCC(c4ccnc5ccc(F)cc45)CC3)C2)ccc1-c1ccn(C)n1. The first-order valence-corrected chi connectivity index (χ1v) is 12.8. The van der Waals surface area contributed by atoms with Crippen molar-refractivity contribution < 1.29 is 9.18 Å². The lowest BCUT2D eigenvalue weighted by Crippen LogP contribution is -2.45. The lowest BCUT2D eigenvalue weighted by atomic mass is 9.54. The Bertz CT molecular complexity index is 1440. The number of aromatic nitrogens is 3. The van der Waals surface area contributed by atoms with Crippen molar-refractivity contribution in [3.63, 3.8) is 0 Å². The molecule has 1 spiro atoms. The van der Waals surface area contributed by atoms with E-state index in [4.69, 9.17) is 0 Å². The zero-order valence-corrected chi connectivity index (χ0v) is 20.8. The van der Waals surface area contributed by atoms with Crippen LogP contribution in [0.25, 0.3) is 22.2 Å². The molecule has 0 saturated heterocycles. The highest BCUT2D eigenvalue weighted by molar-refractivity contribution is 5.93. The van der Waals surface area contributed by atoms with Crippen molar-refractivity contribution in [1.29, 1.82) is 0 Å². The molecule has 2 aromatic heterocycles. The van der Waals surface area contributed by atoms with Gasteiger partial charge in [-0.3, -0.25) is 14.5 Å². The van der Waals surface area contributed by atoms with E-state index in [2.05, 4.69) is 28.4 Å². The normalized spacial score (nSPS) is 23.5. The Kier molecular flexibility index (Phi) is 5.62. The van der Waals surface area contributed by atoms with Gasteiger partial charge in [0.05, 0.1) is 11.2 Å². The van der Waals surface area contributed by atoms with Gasteiger partial charge in [0.25, 0.3) is 0 Å². The Labute approximate surface area is 210 Å². The Morgan fingerprint density at radius 3 is 2.61 bits per heavy atom. The Morgan fingerprint density at radius 2 is 1.89 bits per heavy atom. The second kappa shape index (κ2) is 8.84. The summed E-state index contributed by atoms with van der Waals surface area (Å²) in [5.74, 6) is 0.423. The highest BCUT2D eigenvalue weighted by Gasteiger charge is 2.48. The van der Waals surface area contributed by atoms with Crippen molar-refractivity contribution in [2.75, 3.05) is 5.32 Å². The average Bonchev–Trinajstić information content (AvgIpc) is 3.28. The molecular weight excluding hydrogens is 451 g/mol. The van der Waals surface area contributed by atoms with Crippen molar-refractivity contribution in [1.82, 2.24) is 14.8 Å². The highest BCUT2D eigenvalue weighted by atomic mass is 19.1. The fraction of sp³-hybridized carbons (Fsp3) is 0.367. The maximum absolute atomic E-state index is 13.9. The van der Waals surface area contributed by atoms with E-state index in [9.17, 15) is 9.18 Å². The maximum Gasteiger partial charge on any atom is 0.227 e. The van der Waals surface area contributed by atoms with Crippen LogP contribution >= 0.6 is 0 Å². The number of hydrogen-bond donors (Lipinski definition) is 1. The maximum atomic E-state index is 13.9. The van der Waals surface area contributed by atoms with Crippen LogP contribution in [0.1, 0.15) is 55.6 Å². The van der Waals surface area contributed by atoms with Crippen LogP contribution in [0, 0.1) is 24.1 Å². The number of aryl methyl sites for hydroxylation is 2. The number of carbonyl (C=O) groups is 1. The predicted molar refractivity (Wildman–Crippen MR) is 140 cm³/mol. The van der Waals surface area contributed by atoms with Crippen LogP contribution in [0.4, 0.5) is 10.1 Å². The van der Waals surface area contributed by atoms with Crippen molar-refractivity contribution in [3.05, 3.63) is 77.9 Å². The number of pyridine rings is 1. The van der Waals surface area contributed by atoms with Gasteiger partial charge in [-0.15, -0.1) is 0 Å². The number of nitrogens with zero attached hydrogens (tertiary/aromatic N) is 3. The first-order chi connectivity index (χ1) is 17.4. The third-order valence-corrected chi connectivity index (χ3v) is 8.44. The fourth-order valence-corrected chi connectivity index (χ4v) is 6.45. The molecule has 0 unspecified atom stereocenters. The van der Waals surface area contributed by atoms with Crippen LogP contribution in [0.15, 0.2) is 60.9 Å². The fourth-order valence-electron chi connectivity index (χ4n) is 6.45. The molecule has 1 N–H and O–H groups in total. The molecule has 6 rings (SSSR count). The molecule has 6 heteroatoms. The van der Waals surface area contributed by atoms with Crippen LogP contribution in [-0.2, 0) is 11.8 Å². The molecule has 2 aliphatic rings. The Hall–Kier alpha value is -3.54. The Balaban J connectivity index is 1.06. The smallest absolute Gasteiger partial charge is 0.227 e. The number of halogens is 1. The molecule has 36 heavy (non-hydrogen) atoms. The van der Waals surface area contributed by atoms with Crippen molar-refractivity contribution in [2.24, 2.45) is 18.4 Å². The molecule has 184 valence electrons. The van der Waals surface area contributed by atoms with Gasteiger partial charge in [0, 0.05) is 42.0 Å². The number of anilines is 1. The molecule has 0 aliphatic heterocycles. The summed E-state index contributed by atoms with van der Waals surface area (Å²) in [6.07, 6.45) is 10.1. The van der Waals surface area contributed by atoms with E-state index >= 15 is 0 Å². The third-order valence-electron chi connectivity index (χ3n) is 8.44. The summed E-state index contributed by atoms with van der Waals surface area (Å²) in [6.45, 7) is 2.05. The molecule has 0 radical (unpaired) electrons. The second-order valence-corrected chi connectivity index (χ2v) is 10.8. The van der Waals surface area contributed by atoms with Crippen LogP contribution in [-0.4, -0.2) is 20.7 Å². The molecule has 1 amide bonds. The zero-order chi connectivity index (χ0) is 24.9. The van der Waals surface area contributed by atoms with Gasteiger partial charge in [0.15, 0.2) is 0 Å². The molecule has 0 bridgehead atoms. The first kappa shape index (κ1) is 22.9. The molecule has 2 fully saturated rings. The molecule has 2 aliphatic carbocycles. The van der Waals surface area contributed by atoms with Gasteiger partial charge in [-0.05, 0) is 110 Å². The van der Waals surface area contributed by atoms with E-state index in [1.807, 2.05) is 43.7 Å². The number of nitrogens with one attached hydrogen (secondary N) is 1. The molecule has 4 aromatic rings. The highest BCUT2D eigenvalue weighted by Crippen LogP contribution is 2.57. The van der Waals surface area contributed by atoms with Gasteiger partial charge in [-0.1, -0.05) is 6.07 Å². The summed E-state index contributed by atoms with van der Waals surface area (Å²) in [5.41, 5.74) is 6.32. The van der Waals surface area contributed by atoms with Crippen molar-refractivity contribution in [3.8, 4) is 11.3 Å². The number of fused-ring (bicyclic) bond motifs is 1. The summed E-state index contributed by atoms with van der Waals surface area (Å²) in [6, 6.07) is 15.0. The quantitative estimate of drug-likeness (QED) is 0.349. The van der Waals surface area contributed by atoms with Crippen molar-refractivity contribution in [2.45, 2.75) is 51.4 Å². The monoisotopic (exact) mass is 482 g/mol. The Morgan fingerprint density at radius 1 is 1.08 bits per heavy atom. The number of amides is 1. The van der Waals surface area contributed by atoms with Gasteiger partial charge in [-0.25, -0.2) is 4.39 Å². The van der Waals surface area contributed by atoms with Gasteiger partial charge < -0.3 is 5.32 Å². The van der Waals surface area contributed by atoms with Gasteiger partial charge in [0.1, 0.15) is 5.82 Å². The number of carbonyl (C=O) groups excluding carboxylic acids is 1. The third kappa shape index (κ3) is 4.19. The summed E-state index contributed by atoms with van der Waals surface area (Å²) < 4.78 is 15.7. The van der Waals surface area contributed by atoms with E-state index in [0.29, 0.717) is 5.92 Å². The summed E-state index contributed by atoms with van der Waals surface area (Å²) in [5, 5.41) is 8.57. The second-order valence-electron chi connectivity index (χ2n) is 10.8. The largest absolute Gasteiger partial charge is 0.326 e. The minimum Gasteiger partial charge on any atom is -0.326 e. The summed E-state index contributed by atoms with van der Waals surface area (Å²) >= 11 is 0. The molecule has 0 atom stereocenters. The average molecular weight is 483 g/mol. The van der Waals surface area contributed by atoms with E-state index in [1.54, 1.807) is 16.8 Å². The first-order valence-electron chi connectivity index (χ1n) is 12.8. The van der Waals surface area contributed by atoms with Crippen LogP contribution in [0.5, 0.6) is 0 Å². The lowest BCUT2D eigenvalue weighted by Gasteiger charge is -2.51. The molecule has 5 nitrogen and oxygen atoms in total. The molecule has 2 heterocycles.